The molecule has 0 aliphatic carbocycles. The van der Waals surface area contributed by atoms with Gasteiger partial charge in [0.2, 0.25) is 0 Å². The Labute approximate surface area is 98.5 Å². The maximum Gasteiger partial charge on any atom is 0.0409 e. The van der Waals surface area contributed by atoms with Gasteiger partial charge < -0.3 is 5.73 Å². The van der Waals surface area contributed by atoms with Gasteiger partial charge in [-0.05, 0) is 29.1 Å². The monoisotopic (exact) mass is 237 g/mol. The van der Waals surface area contributed by atoms with Crippen LogP contribution in [0.1, 0.15) is 16.5 Å². The number of benzene rings is 1. The highest BCUT2D eigenvalue weighted by Crippen LogP contribution is 2.21. The largest absolute Gasteiger partial charge is 0.324 e. The molecule has 0 aliphatic rings. The molecule has 0 saturated heterocycles. The zero-order valence-electron chi connectivity index (χ0n) is 8.19. The maximum absolute atomic E-state index is 6.10. The third-order valence-corrected chi connectivity index (χ3v) is 3.41. The van der Waals surface area contributed by atoms with Crippen LogP contribution < -0.4 is 5.73 Å². The molecule has 2 rings (SSSR count). The van der Waals surface area contributed by atoms with E-state index in [1.807, 2.05) is 30.3 Å². The topological polar surface area (TPSA) is 26.0 Å². The van der Waals surface area contributed by atoms with Crippen LogP contribution >= 0.6 is 22.9 Å². The average Bonchev–Trinajstić information content (AvgIpc) is 2.70. The zero-order valence-corrected chi connectivity index (χ0v) is 9.76. The molecule has 0 saturated carbocycles. The second-order valence-electron chi connectivity index (χ2n) is 3.44. The van der Waals surface area contributed by atoms with Crippen molar-refractivity contribution in [3.63, 3.8) is 0 Å². The van der Waals surface area contributed by atoms with Crippen molar-refractivity contribution >= 4 is 22.9 Å². The minimum absolute atomic E-state index is 0.0300. The summed E-state index contributed by atoms with van der Waals surface area (Å²) in [6.45, 7) is 0. The molecular weight excluding hydrogens is 226 g/mol. The molecule has 1 unspecified atom stereocenters. The van der Waals surface area contributed by atoms with Crippen LogP contribution in [0.5, 0.6) is 0 Å². The van der Waals surface area contributed by atoms with Crippen molar-refractivity contribution in [2.24, 2.45) is 5.73 Å². The lowest BCUT2D eigenvalue weighted by atomic mass is 10.0. The molecule has 0 fully saturated rings. The van der Waals surface area contributed by atoms with Crippen molar-refractivity contribution < 1.29 is 0 Å². The van der Waals surface area contributed by atoms with Crippen molar-refractivity contribution in [2.45, 2.75) is 12.5 Å². The van der Waals surface area contributed by atoms with Crippen LogP contribution in [0, 0.1) is 0 Å². The smallest absolute Gasteiger partial charge is 0.0409 e. The Kier molecular flexibility index (Phi) is 3.41. The van der Waals surface area contributed by atoms with Crippen LogP contribution in [0.4, 0.5) is 0 Å². The van der Waals surface area contributed by atoms with Crippen LogP contribution in [0.25, 0.3) is 0 Å². The maximum atomic E-state index is 6.10. The molecule has 0 aliphatic heterocycles. The van der Waals surface area contributed by atoms with Crippen molar-refractivity contribution in [2.75, 3.05) is 0 Å². The predicted octanol–water partition coefficient (Wildman–Crippen LogP) is 3.64. The summed E-state index contributed by atoms with van der Waals surface area (Å²) in [4.78, 5) is 1.31. The first kappa shape index (κ1) is 10.7. The molecule has 3 heteroatoms. The van der Waals surface area contributed by atoms with Gasteiger partial charge >= 0.3 is 0 Å². The molecule has 1 nitrogen and oxygen atoms in total. The standard InChI is InChI=1S/C12H12ClNS/c13-10-4-1-3-9(7-10)12(14)8-11-5-2-6-15-11/h1-7,12H,8,14H2. The quantitative estimate of drug-likeness (QED) is 0.867. The van der Waals surface area contributed by atoms with E-state index >= 15 is 0 Å². The zero-order chi connectivity index (χ0) is 10.7. The normalized spacial score (nSPS) is 12.7. The number of hydrogen-bond donors (Lipinski definition) is 1. The first-order chi connectivity index (χ1) is 7.25. The van der Waals surface area contributed by atoms with Crippen LogP contribution in [0.2, 0.25) is 5.02 Å². The van der Waals surface area contributed by atoms with Crippen molar-refractivity contribution in [3.8, 4) is 0 Å². The van der Waals surface area contributed by atoms with Gasteiger partial charge in [-0.1, -0.05) is 29.8 Å². The fourth-order valence-corrected chi connectivity index (χ4v) is 2.46. The third kappa shape index (κ3) is 2.81. The second-order valence-corrected chi connectivity index (χ2v) is 4.91. The van der Waals surface area contributed by atoms with Gasteiger partial charge in [-0.25, -0.2) is 0 Å². The van der Waals surface area contributed by atoms with E-state index < -0.39 is 0 Å². The van der Waals surface area contributed by atoms with Crippen molar-refractivity contribution in [1.29, 1.82) is 0 Å². The van der Waals surface area contributed by atoms with Crippen LogP contribution in [-0.4, -0.2) is 0 Å². The van der Waals surface area contributed by atoms with Crippen LogP contribution in [0.15, 0.2) is 41.8 Å². The van der Waals surface area contributed by atoms with E-state index in [0.717, 1.165) is 17.0 Å². The second kappa shape index (κ2) is 4.79. The van der Waals surface area contributed by atoms with E-state index in [4.69, 9.17) is 17.3 Å². The number of thiophene rings is 1. The number of nitrogens with two attached hydrogens (primary N) is 1. The fourth-order valence-electron chi connectivity index (χ4n) is 1.50. The first-order valence-electron chi connectivity index (χ1n) is 4.79. The molecule has 78 valence electrons. The Balaban J connectivity index is 2.11. The van der Waals surface area contributed by atoms with Gasteiger partial charge in [0.15, 0.2) is 0 Å². The van der Waals surface area contributed by atoms with E-state index in [-0.39, 0.29) is 6.04 Å². The predicted molar refractivity (Wildman–Crippen MR) is 66.4 cm³/mol. The van der Waals surface area contributed by atoms with Crippen molar-refractivity contribution in [3.05, 3.63) is 57.2 Å². The van der Waals surface area contributed by atoms with Gasteiger partial charge in [-0.2, -0.15) is 0 Å². The summed E-state index contributed by atoms with van der Waals surface area (Å²) in [5, 5.41) is 2.81. The lowest BCUT2D eigenvalue weighted by Crippen LogP contribution is -2.12. The summed E-state index contributed by atoms with van der Waals surface area (Å²) < 4.78 is 0. The molecule has 0 spiro atoms. The molecule has 2 aromatic rings. The van der Waals surface area contributed by atoms with Gasteiger partial charge in [0.05, 0.1) is 0 Å². The Morgan fingerprint density at radius 3 is 2.80 bits per heavy atom. The van der Waals surface area contributed by atoms with E-state index in [1.165, 1.54) is 4.88 Å². The summed E-state index contributed by atoms with van der Waals surface area (Å²) in [6, 6.07) is 11.9. The Morgan fingerprint density at radius 2 is 2.13 bits per heavy atom. The molecule has 2 N–H and O–H groups in total. The minimum atomic E-state index is 0.0300. The van der Waals surface area contributed by atoms with Gasteiger partial charge in [0.1, 0.15) is 0 Å². The van der Waals surface area contributed by atoms with E-state index in [1.54, 1.807) is 11.3 Å². The van der Waals surface area contributed by atoms with Crippen LogP contribution in [-0.2, 0) is 6.42 Å². The van der Waals surface area contributed by atoms with E-state index in [9.17, 15) is 0 Å². The molecule has 1 atom stereocenters. The minimum Gasteiger partial charge on any atom is -0.324 e. The molecule has 1 aromatic carbocycles. The lowest BCUT2D eigenvalue weighted by Gasteiger charge is -2.10. The Hall–Kier alpha value is -0.830. The van der Waals surface area contributed by atoms with Crippen LogP contribution in [0.3, 0.4) is 0 Å². The van der Waals surface area contributed by atoms with Gasteiger partial charge in [-0.3, -0.25) is 0 Å². The number of hydrogen-bond acceptors (Lipinski definition) is 2. The molecule has 0 bridgehead atoms. The average molecular weight is 238 g/mol. The highest BCUT2D eigenvalue weighted by Gasteiger charge is 2.07. The first-order valence-corrected chi connectivity index (χ1v) is 6.05. The molecular formula is C12H12ClNS. The molecule has 0 radical (unpaired) electrons. The lowest BCUT2D eigenvalue weighted by molar-refractivity contribution is 0.730. The van der Waals surface area contributed by atoms with Gasteiger partial charge in [-0.15, -0.1) is 11.3 Å². The highest BCUT2D eigenvalue weighted by molar-refractivity contribution is 7.09. The number of rotatable bonds is 3. The number of halogens is 1. The summed E-state index contributed by atoms with van der Waals surface area (Å²) in [5.41, 5.74) is 7.20. The van der Waals surface area contributed by atoms with Crippen molar-refractivity contribution in [1.82, 2.24) is 0 Å². The summed E-state index contributed by atoms with van der Waals surface area (Å²) in [5.74, 6) is 0. The molecule has 0 amide bonds. The van der Waals surface area contributed by atoms with Gasteiger partial charge in [0, 0.05) is 22.4 Å². The SMILES string of the molecule is NC(Cc1cccs1)c1cccc(Cl)c1. The summed E-state index contributed by atoms with van der Waals surface area (Å²) in [6.07, 6.45) is 0.873. The molecule has 15 heavy (non-hydrogen) atoms. The third-order valence-electron chi connectivity index (χ3n) is 2.28. The van der Waals surface area contributed by atoms with E-state index in [2.05, 4.69) is 11.4 Å². The molecule has 1 aromatic heterocycles. The Morgan fingerprint density at radius 1 is 1.27 bits per heavy atom. The summed E-state index contributed by atoms with van der Waals surface area (Å²) in [7, 11) is 0. The van der Waals surface area contributed by atoms with Gasteiger partial charge in [0.25, 0.3) is 0 Å². The van der Waals surface area contributed by atoms with E-state index in [0.29, 0.717) is 0 Å². The molecule has 1 heterocycles. The highest BCUT2D eigenvalue weighted by atomic mass is 35.5. The summed E-state index contributed by atoms with van der Waals surface area (Å²) >= 11 is 7.65. The fraction of sp³-hybridized carbons (Fsp3) is 0.167. The Bertz CT molecular complexity index is 425.